The van der Waals surface area contributed by atoms with Crippen LogP contribution in [0.5, 0.6) is 0 Å². The smallest absolute Gasteiger partial charge is 0.252 e. The molecule has 0 spiro atoms. The zero-order valence-electron chi connectivity index (χ0n) is 16.0. The van der Waals surface area contributed by atoms with Gasteiger partial charge in [-0.3, -0.25) is 4.79 Å². The third kappa shape index (κ3) is 4.65. The molecule has 0 radical (unpaired) electrons. The summed E-state index contributed by atoms with van der Waals surface area (Å²) in [4.78, 5) is 18.4. The van der Waals surface area contributed by atoms with Crippen molar-refractivity contribution < 1.29 is 17.9 Å². The molecule has 0 saturated carbocycles. The van der Waals surface area contributed by atoms with Crippen molar-refractivity contribution in [2.24, 2.45) is 0 Å². The van der Waals surface area contributed by atoms with E-state index < -0.39 is 10.0 Å². The van der Waals surface area contributed by atoms with E-state index in [9.17, 15) is 13.2 Å². The van der Waals surface area contributed by atoms with E-state index in [1.165, 1.54) is 15.6 Å². The Morgan fingerprint density at radius 2 is 1.97 bits per heavy atom. The fourth-order valence-electron chi connectivity index (χ4n) is 3.28. The van der Waals surface area contributed by atoms with Crippen LogP contribution >= 0.6 is 22.9 Å². The highest BCUT2D eigenvalue weighted by Gasteiger charge is 2.24. The first-order chi connectivity index (χ1) is 14.4. The number of nitrogens with zero attached hydrogens (tertiary/aromatic N) is 2. The maximum absolute atomic E-state index is 12.9. The fraction of sp³-hybridized carbons (Fsp3) is 0.300. The Balaban J connectivity index is 1.54. The van der Waals surface area contributed by atoms with Gasteiger partial charge in [0, 0.05) is 25.0 Å². The van der Waals surface area contributed by atoms with Crippen molar-refractivity contribution in [1.82, 2.24) is 14.6 Å². The molecule has 1 N–H and O–H groups in total. The molecule has 3 aromatic rings. The molecule has 2 aromatic heterocycles. The van der Waals surface area contributed by atoms with Gasteiger partial charge in [0.2, 0.25) is 10.0 Å². The Morgan fingerprint density at radius 1 is 1.20 bits per heavy atom. The number of ether oxygens (including phenoxy) is 1. The molecular weight excluding hydrogens is 446 g/mol. The number of hydrogen-bond acceptors (Lipinski definition) is 6. The third-order valence-corrected chi connectivity index (χ3v) is 7.92. The summed E-state index contributed by atoms with van der Waals surface area (Å²) in [5, 5.41) is 3.45. The normalized spacial score (nSPS) is 15.4. The van der Waals surface area contributed by atoms with Crippen LogP contribution in [0, 0.1) is 0 Å². The lowest BCUT2D eigenvalue weighted by atomic mass is 10.1. The zero-order chi connectivity index (χ0) is 21.1. The van der Waals surface area contributed by atoms with Gasteiger partial charge in [0.25, 0.3) is 5.91 Å². The number of carbonyl (C=O) groups is 1. The lowest BCUT2D eigenvalue weighted by molar-refractivity contribution is 0.0730. The first-order valence-electron chi connectivity index (χ1n) is 9.43. The van der Waals surface area contributed by atoms with Crippen molar-refractivity contribution >= 4 is 49.8 Å². The van der Waals surface area contributed by atoms with Crippen molar-refractivity contribution in [1.29, 1.82) is 0 Å². The van der Waals surface area contributed by atoms with Crippen molar-refractivity contribution in [3.63, 3.8) is 0 Å². The SMILES string of the molecule is O=C(NCCS(=O)(=O)N1CCOCC1)c1cc(-c2ccc(Cl)s2)nc2ccccc12. The predicted molar refractivity (Wildman–Crippen MR) is 119 cm³/mol. The number of amides is 1. The standard InChI is InChI=1S/C20H20ClN3O4S2/c21-19-6-5-18(29-19)17-13-15(14-3-1-2-4-16(14)23-17)20(25)22-7-12-30(26,27)24-8-10-28-11-9-24/h1-6,13H,7-12H2,(H,22,25). The quantitative estimate of drug-likeness (QED) is 0.604. The summed E-state index contributed by atoms with van der Waals surface area (Å²) in [7, 11) is -3.44. The maximum Gasteiger partial charge on any atom is 0.252 e. The molecule has 1 fully saturated rings. The van der Waals surface area contributed by atoms with Crippen LogP contribution in [-0.2, 0) is 14.8 Å². The molecule has 158 valence electrons. The Morgan fingerprint density at radius 3 is 2.70 bits per heavy atom. The molecule has 30 heavy (non-hydrogen) atoms. The molecule has 7 nitrogen and oxygen atoms in total. The molecule has 0 atom stereocenters. The van der Waals surface area contributed by atoms with Crippen LogP contribution in [0.1, 0.15) is 10.4 Å². The van der Waals surface area contributed by atoms with Gasteiger partial charge in [-0.2, -0.15) is 4.31 Å². The Bertz CT molecular complexity index is 1170. The van der Waals surface area contributed by atoms with Crippen LogP contribution in [0.4, 0.5) is 0 Å². The van der Waals surface area contributed by atoms with Gasteiger partial charge < -0.3 is 10.1 Å². The minimum absolute atomic E-state index is 0.0232. The molecule has 0 bridgehead atoms. The number of thiophene rings is 1. The monoisotopic (exact) mass is 465 g/mol. The van der Waals surface area contributed by atoms with Gasteiger partial charge in [-0.05, 0) is 24.3 Å². The third-order valence-electron chi connectivity index (χ3n) is 4.80. The second-order valence-corrected chi connectivity index (χ2v) is 10.6. The minimum atomic E-state index is -3.44. The topological polar surface area (TPSA) is 88.6 Å². The maximum atomic E-state index is 12.9. The second kappa shape index (κ2) is 8.99. The van der Waals surface area contributed by atoms with Crippen LogP contribution in [0.25, 0.3) is 21.5 Å². The Hall–Kier alpha value is -2.04. The number of benzene rings is 1. The highest BCUT2D eigenvalue weighted by molar-refractivity contribution is 7.89. The van der Waals surface area contributed by atoms with E-state index in [0.717, 1.165) is 4.88 Å². The number of nitrogens with one attached hydrogen (secondary N) is 1. The largest absolute Gasteiger partial charge is 0.379 e. The van der Waals surface area contributed by atoms with Gasteiger partial charge >= 0.3 is 0 Å². The summed E-state index contributed by atoms with van der Waals surface area (Å²) in [6, 6.07) is 12.7. The summed E-state index contributed by atoms with van der Waals surface area (Å²) in [6.45, 7) is 1.50. The molecule has 1 saturated heterocycles. The number of rotatable bonds is 6. The number of sulfonamides is 1. The van der Waals surface area contributed by atoms with Gasteiger partial charge in [-0.25, -0.2) is 13.4 Å². The van der Waals surface area contributed by atoms with Gasteiger partial charge in [0.05, 0.1) is 45.0 Å². The van der Waals surface area contributed by atoms with Gasteiger partial charge in [-0.15, -0.1) is 11.3 Å². The molecule has 10 heteroatoms. The molecule has 4 rings (SSSR count). The van der Waals surface area contributed by atoms with Crippen LogP contribution in [0.15, 0.2) is 42.5 Å². The fourth-order valence-corrected chi connectivity index (χ4v) is 5.61. The van der Waals surface area contributed by atoms with E-state index >= 15 is 0 Å². The Kier molecular flexibility index (Phi) is 6.35. The molecule has 1 amide bonds. The average Bonchev–Trinajstić information content (AvgIpc) is 3.19. The van der Waals surface area contributed by atoms with Crippen molar-refractivity contribution in [2.45, 2.75) is 0 Å². The van der Waals surface area contributed by atoms with Crippen LogP contribution in [-0.4, -0.2) is 62.2 Å². The zero-order valence-corrected chi connectivity index (χ0v) is 18.4. The van der Waals surface area contributed by atoms with E-state index in [4.69, 9.17) is 16.3 Å². The highest BCUT2D eigenvalue weighted by atomic mass is 35.5. The van der Waals surface area contributed by atoms with Crippen LogP contribution in [0.2, 0.25) is 4.34 Å². The van der Waals surface area contributed by atoms with E-state index in [1.807, 2.05) is 30.3 Å². The molecule has 0 aliphatic carbocycles. The molecule has 1 aliphatic rings. The summed E-state index contributed by atoms with van der Waals surface area (Å²) in [5.74, 6) is -0.496. The summed E-state index contributed by atoms with van der Waals surface area (Å²) >= 11 is 7.43. The van der Waals surface area contributed by atoms with E-state index in [1.54, 1.807) is 12.1 Å². The van der Waals surface area contributed by atoms with E-state index in [2.05, 4.69) is 10.3 Å². The van der Waals surface area contributed by atoms with E-state index in [0.29, 0.717) is 52.8 Å². The van der Waals surface area contributed by atoms with Gasteiger partial charge in [-0.1, -0.05) is 29.8 Å². The predicted octanol–water partition coefficient (Wildman–Crippen LogP) is 3.01. The Labute approximate surface area is 183 Å². The first kappa shape index (κ1) is 21.2. The van der Waals surface area contributed by atoms with E-state index in [-0.39, 0.29) is 18.2 Å². The number of para-hydroxylation sites is 1. The van der Waals surface area contributed by atoms with Crippen molar-refractivity contribution in [3.05, 3.63) is 52.4 Å². The summed E-state index contributed by atoms with van der Waals surface area (Å²) < 4.78 is 32.2. The molecule has 3 heterocycles. The number of aromatic nitrogens is 1. The number of carbonyl (C=O) groups excluding carboxylic acids is 1. The highest BCUT2D eigenvalue weighted by Crippen LogP contribution is 2.32. The number of halogens is 1. The summed E-state index contributed by atoms with van der Waals surface area (Å²) in [5.41, 5.74) is 1.78. The lowest BCUT2D eigenvalue weighted by Gasteiger charge is -2.26. The minimum Gasteiger partial charge on any atom is -0.379 e. The van der Waals surface area contributed by atoms with Crippen molar-refractivity contribution in [3.8, 4) is 10.6 Å². The second-order valence-electron chi connectivity index (χ2n) is 6.76. The van der Waals surface area contributed by atoms with Crippen LogP contribution in [0.3, 0.4) is 0 Å². The molecular formula is C20H20ClN3O4S2. The van der Waals surface area contributed by atoms with Gasteiger partial charge in [0.1, 0.15) is 0 Å². The average molecular weight is 466 g/mol. The number of morpholine rings is 1. The lowest BCUT2D eigenvalue weighted by Crippen LogP contribution is -2.43. The molecule has 1 aromatic carbocycles. The van der Waals surface area contributed by atoms with Crippen LogP contribution < -0.4 is 5.32 Å². The van der Waals surface area contributed by atoms with Gasteiger partial charge in [0.15, 0.2) is 0 Å². The number of hydrogen-bond donors (Lipinski definition) is 1. The van der Waals surface area contributed by atoms with Crippen molar-refractivity contribution in [2.75, 3.05) is 38.6 Å². The first-order valence-corrected chi connectivity index (χ1v) is 12.2. The summed E-state index contributed by atoms with van der Waals surface area (Å²) in [6.07, 6.45) is 0. The molecule has 1 aliphatic heterocycles. The molecule has 0 unspecified atom stereocenters. The number of pyridine rings is 1. The number of fused-ring (bicyclic) bond motifs is 1.